The molecule has 4 heteroatoms. The van der Waals surface area contributed by atoms with Gasteiger partial charge in [-0.25, -0.2) is 4.39 Å². The van der Waals surface area contributed by atoms with E-state index in [1.807, 2.05) is 0 Å². The van der Waals surface area contributed by atoms with Crippen molar-refractivity contribution in [1.82, 2.24) is 4.98 Å². The second-order valence-electron chi connectivity index (χ2n) is 3.27. The van der Waals surface area contributed by atoms with E-state index in [-0.39, 0.29) is 17.3 Å². The summed E-state index contributed by atoms with van der Waals surface area (Å²) in [4.78, 5) is 26.6. The minimum Gasteiger partial charge on any atom is -0.299 e. The standard InChI is InChI=1S/C11H12FNO2/c1-3-10(14)7(2)11(15)9-5-4-8(12)6-13-9/h4-7H,3H2,1-2H3. The van der Waals surface area contributed by atoms with Gasteiger partial charge in [0.15, 0.2) is 5.78 Å². The molecule has 1 heterocycles. The molecule has 0 N–H and O–H groups in total. The van der Waals surface area contributed by atoms with Crippen LogP contribution in [0.5, 0.6) is 0 Å². The number of halogens is 1. The quantitative estimate of drug-likeness (QED) is 0.563. The van der Waals surface area contributed by atoms with Crippen LogP contribution in [-0.2, 0) is 4.79 Å². The van der Waals surface area contributed by atoms with Crippen molar-refractivity contribution in [1.29, 1.82) is 0 Å². The fraction of sp³-hybridized carbons (Fsp3) is 0.364. The minimum atomic E-state index is -0.701. The van der Waals surface area contributed by atoms with Gasteiger partial charge < -0.3 is 0 Å². The van der Waals surface area contributed by atoms with Crippen LogP contribution in [0.15, 0.2) is 18.3 Å². The van der Waals surface area contributed by atoms with E-state index in [0.29, 0.717) is 6.42 Å². The first-order valence-corrected chi connectivity index (χ1v) is 4.74. The molecule has 3 nitrogen and oxygen atoms in total. The minimum absolute atomic E-state index is 0.130. The maximum Gasteiger partial charge on any atom is 0.191 e. The van der Waals surface area contributed by atoms with Crippen molar-refractivity contribution >= 4 is 11.6 Å². The number of carbonyl (C=O) groups is 2. The van der Waals surface area contributed by atoms with E-state index >= 15 is 0 Å². The van der Waals surface area contributed by atoms with Crippen LogP contribution in [0.3, 0.4) is 0 Å². The van der Waals surface area contributed by atoms with E-state index in [2.05, 4.69) is 4.98 Å². The van der Waals surface area contributed by atoms with Crippen molar-refractivity contribution < 1.29 is 14.0 Å². The molecular formula is C11H12FNO2. The number of hydrogen-bond donors (Lipinski definition) is 0. The van der Waals surface area contributed by atoms with E-state index in [0.717, 1.165) is 12.3 Å². The zero-order chi connectivity index (χ0) is 11.4. The van der Waals surface area contributed by atoms with Crippen LogP contribution in [0.1, 0.15) is 30.8 Å². The summed E-state index contributed by atoms with van der Waals surface area (Å²) in [6.45, 7) is 3.24. The van der Waals surface area contributed by atoms with Crippen molar-refractivity contribution in [2.75, 3.05) is 0 Å². The third kappa shape index (κ3) is 2.68. The molecule has 0 aromatic carbocycles. The van der Waals surface area contributed by atoms with Crippen LogP contribution in [0, 0.1) is 11.7 Å². The van der Waals surface area contributed by atoms with Crippen molar-refractivity contribution in [3.63, 3.8) is 0 Å². The Hall–Kier alpha value is -1.58. The van der Waals surface area contributed by atoms with E-state index in [1.54, 1.807) is 13.8 Å². The van der Waals surface area contributed by atoms with E-state index in [9.17, 15) is 14.0 Å². The lowest BCUT2D eigenvalue weighted by atomic mass is 9.97. The Balaban J connectivity index is 2.85. The second kappa shape index (κ2) is 4.77. The predicted octanol–water partition coefficient (Wildman–Crippen LogP) is 2.02. The number of rotatable bonds is 4. The lowest BCUT2D eigenvalue weighted by Gasteiger charge is -2.06. The third-order valence-electron chi connectivity index (χ3n) is 2.20. The first-order chi connectivity index (χ1) is 7.06. The maximum absolute atomic E-state index is 12.5. The molecule has 0 amide bonds. The Morgan fingerprint density at radius 3 is 2.60 bits per heavy atom. The van der Waals surface area contributed by atoms with Gasteiger partial charge in [-0.2, -0.15) is 0 Å². The first kappa shape index (κ1) is 11.5. The molecule has 1 aromatic heterocycles. The summed E-state index contributed by atoms with van der Waals surface area (Å²) >= 11 is 0. The first-order valence-electron chi connectivity index (χ1n) is 4.74. The highest BCUT2D eigenvalue weighted by Crippen LogP contribution is 2.09. The molecule has 15 heavy (non-hydrogen) atoms. The zero-order valence-corrected chi connectivity index (χ0v) is 8.66. The predicted molar refractivity (Wildman–Crippen MR) is 53.0 cm³/mol. The summed E-state index contributed by atoms with van der Waals surface area (Å²) in [6.07, 6.45) is 1.28. The van der Waals surface area contributed by atoms with Crippen molar-refractivity contribution in [3.05, 3.63) is 29.8 Å². The number of pyridine rings is 1. The van der Waals surface area contributed by atoms with E-state index in [4.69, 9.17) is 0 Å². The molecule has 80 valence electrons. The number of carbonyl (C=O) groups excluding carboxylic acids is 2. The molecule has 1 rings (SSSR count). The summed E-state index contributed by atoms with van der Waals surface area (Å²) in [5, 5.41) is 0. The fourth-order valence-corrected chi connectivity index (χ4v) is 1.20. The van der Waals surface area contributed by atoms with Crippen molar-refractivity contribution in [2.24, 2.45) is 5.92 Å². The molecule has 0 spiro atoms. The molecule has 0 saturated carbocycles. The van der Waals surface area contributed by atoms with Crippen LogP contribution in [0.25, 0.3) is 0 Å². The van der Waals surface area contributed by atoms with Gasteiger partial charge in [0.05, 0.1) is 12.1 Å². The van der Waals surface area contributed by atoms with Crippen molar-refractivity contribution in [3.8, 4) is 0 Å². The summed E-state index contributed by atoms with van der Waals surface area (Å²) < 4.78 is 12.5. The summed E-state index contributed by atoms with van der Waals surface area (Å²) in [7, 11) is 0. The van der Waals surface area contributed by atoms with E-state index < -0.39 is 11.7 Å². The van der Waals surface area contributed by atoms with Crippen LogP contribution >= 0.6 is 0 Å². The summed E-state index contributed by atoms with van der Waals surface area (Å²) in [5.41, 5.74) is 0.130. The van der Waals surface area contributed by atoms with Crippen LogP contribution in [-0.4, -0.2) is 16.6 Å². The Labute approximate surface area is 87.3 Å². The van der Waals surface area contributed by atoms with Gasteiger partial charge >= 0.3 is 0 Å². The number of nitrogens with zero attached hydrogens (tertiary/aromatic N) is 1. The molecular weight excluding hydrogens is 197 g/mol. The fourth-order valence-electron chi connectivity index (χ4n) is 1.20. The SMILES string of the molecule is CCC(=O)C(C)C(=O)c1ccc(F)cn1. The van der Waals surface area contributed by atoms with Gasteiger partial charge in [0.1, 0.15) is 17.3 Å². The van der Waals surface area contributed by atoms with E-state index in [1.165, 1.54) is 6.07 Å². The molecule has 1 atom stereocenters. The highest BCUT2D eigenvalue weighted by molar-refractivity contribution is 6.09. The molecule has 0 aliphatic heterocycles. The number of aromatic nitrogens is 1. The largest absolute Gasteiger partial charge is 0.299 e. The van der Waals surface area contributed by atoms with Gasteiger partial charge in [-0.05, 0) is 19.1 Å². The van der Waals surface area contributed by atoms with Gasteiger partial charge in [-0.1, -0.05) is 6.92 Å². The van der Waals surface area contributed by atoms with Gasteiger partial charge in [0.2, 0.25) is 0 Å². The number of ketones is 2. The zero-order valence-electron chi connectivity index (χ0n) is 8.66. The van der Waals surface area contributed by atoms with Crippen LogP contribution in [0.4, 0.5) is 4.39 Å². The second-order valence-corrected chi connectivity index (χ2v) is 3.27. The Bertz CT molecular complexity index is 373. The highest BCUT2D eigenvalue weighted by Gasteiger charge is 2.21. The lowest BCUT2D eigenvalue weighted by Crippen LogP contribution is -2.21. The molecule has 0 aliphatic carbocycles. The third-order valence-corrected chi connectivity index (χ3v) is 2.20. The summed E-state index contributed by atoms with van der Waals surface area (Å²) in [6, 6.07) is 2.44. The van der Waals surface area contributed by atoms with Gasteiger partial charge in [-0.15, -0.1) is 0 Å². The van der Waals surface area contributed by atoms with Crippen LogP contribution < -0.4 is 0 Å². The number of Topliss-reactive ketones (excluding diaryl/α,β-unsaturated/α-hetero) is 2. The Kier molecular flexibility index (Phi) is 3.66. The topological polar surface area (TPSA) is 47.0 Å². The molecule has 0 radical (unpaired) electrons. The molecule has 0 saturated heterocycles. The Morgan fingerprint density at radius 2 is 2.13 bits per heavy atom. The summed E-state index contributed by atoms with van der Waals surface area (Å²) in [5.74, 6) is -1.69. The molecule has 1 aromatic rings. The van der Waals surface area contributed by atoms with Gasteiger partial charge in [0, 0.05) is 6.42 Å². The lowest BCUT2D eigenvalue weighted by molar-refractivity contribution is -0.120. The average molecular weight is 209 g/mol. The molecule has 1 unspecified atom stereocenters. The maximum atomic E-state index is 12.5. The normalized spacial score (nSPS) is 12.2. The van der Waals surface area contributed by atoms with Crippen LogP contribution in [0.2, 0.25) is 0 Å². The number of hydrogen-bond acceptors (Lipinski definition) is 3. The highest BCUT2D eigenvalue weighted by atomic mass is 19.1. The molecule has 0 fully saturated rings. The average Bonchev–Trinajstić information content (AvgIpc) is 2.27. The Morgan fingerprint density at radius 1 is 1.47 bits per heavy atom. The smallest absolute Gasteiger partial charge is 0.191 e. The molecule has 0 aliphatic rings. The molecule has 0 bridgehead atoms. The monoisotopic (exact) mass is 209 g/mol. The van der Waals surface area contributed by atoms with Crippen molar-refractivity contribution in [2.45, 2.75) is 20.3 Å². The van der Waals surface area contributed by atoms with Gasteiger partial charge in [0.25, 0.3) is 0 Å². The van der Waals surface area contributed by atoms with Gasteiger partial charge in [-0.3, -0.25) is 14.6 Å².